The quantitative estimate of drug-likeness (QED) is 0.330. The molecule has 0 N–H and O–H groups in total. The molecule has 2 aromatic carbocycles. The van der Waals surface area contributed by atoms with E-state index in [4.69, 9.17) is 4.98 Å². The van der Waals surface area contributed by atoms with Crippen LogP contribution in [-0.4, -0.2) is 18.3 Å². The van der Waals surface area contributed by atoms with E-state index in [0.29, 0.717) is 0 Å². The van der Waals surface area contributed by atoms with E-state index in [-0.39, 0.29) is 0 Å². The van der Waals surface area contributed by atoms with Gasteiger partial charge in [-0.3, -0.25) is 0 Å². The van der Waals surface area contributed by atoms with Gasteiger partial charge in [0.05, 0.1) is 0 Å². The van der Waals surface area contributed by atoms with Gasteiger partial charge in [0.25, 0.3) is 0 Å². The van der Waals surface area contributed by atoms with Crippen LogP contribution in [0.1, 0.15) is 57.9 Å². The van der Waals surface area contributed by atoms with Gasteiger partial charge in [-0.25, -0.2) is 0 Å². The molecule has 1 aliphatic carbocycles. The van der Waals surface area contributed by atoms with Crippen molar-refractivity contribution in [2.24, 2.45) is 0 Å². The zero-order chi connectivity index (χ0) is 21.0. The molecule has 0 spiro atoms. The molecule has 4 rings (SSSR count). The monoisotopic (exact) mass is 459 g/mol. The van der Waals surface area contributed by atoms with Crippen LogP contribution in [0.25, 0.3) is 22.4 Å². The number of nitrogens with zero attached hydrogens (tertiary/aromatic N) is 1. The average molecular weight is 458 g/mol. The summed E-state index contributed by atoms with van der Waals surface area (Å²) in [6.45, 7) is 7.34. The Balaban J connectivity index is 1.81. The third-order valence-corrected chi connectivity index (χ3v) is 19.4. The minimum atomic E-state index is -2.10. The standard InChI is InChI=1S/C28H35GeN/c1-4-29(5-2,6-3)27-20-28(30-21-26(27)23-15-10-11-16-23)25-18-12-17-24(19-25)22-13-8-7-9-14-22/h7-9,12-14,17-21,23H,4-6,10-11,15-16H2,1-3H3. The summed E-state index contributed by atoms with van der Waals surface area (Å²) in [6.07, 6.45) is 7.75. The number of pyridine rings is 1. The number of benzene rings is 2. The number of hydrogen-bond donors (Lipinski definition) is 0. The van der Waals surface area contributed by atoms with Crippen molar-refractivity contribution < 1.29 is 0 Å². The summed E-state index contributed by atoms with van der Waals surface area (Å²) in [4.78, 5) is 5.04. The molecule has 30 heavy (non-hydrogen) atoms. The summed E-state index contributed by atoms with van der Waals surface area (Å²) in [5.41, 5.74) is 6.56. The summed E-state index contributed by atoms with van der Waals surface area (Å²) in [5, 5.41) is 4.13. The van der Waals surface area contributed by atoms with Gasteiger partial charge >= 0.3 is 186 Å². The minimum absolute atomic E-state index is 0.742. The Hall–Kier alpha value is -1.87. The van der Waals surface area contributed by atoms with Crippen LogP contribution in [0.5, 0.6) is 0 Å². The molecule has 0 atom stereocenters. The molecule has 0 saturated heterocycles. The summed E-state index contributed by atoms with van der Waals surface area (Å²) in [6, 6.07) is 22.1. The average Bonchev–Trinajstić information content (AvgIpc) is 3.36. The number of rotatable bonds is 7. The first-order valence-corrected chi connectivity index (χ1v) is 17.4. The molecule has 1 nitrogen and oxygen atoms in total. The van der Waals surface area contributed by atoms with Crippen LogP contribution in [0.2, 0.25) is 15.8 Å². The maximum atomic E-state index is 5.04. The fraction of sp³-hybridized carbons (Fsp3) is 0.393. The van der Waals surface area contributed by atoms with Gasteiger partial charge in [0.1, 0.15) is 0 Å². The SMILES string of the molecule is C[CH2][Ge]([CH2]C)([CH2]C)[c]1cc(-c2cccc(-c3ccccc3)c2)ncc1C1CCCC1. The molecule has 0 bridgehead atoms. The van der Waals surface area contributed by atoms with Crippen molar-refractivity contribution in [2.75, 3.05) is 0 Å². The summed E-state index contributed by atoms with van der Waals surface area (Å²) in [7, 11) is 0. The van der Waals surface area contributed by atoms with Gasteiger partial charge in [-0.2, -0.15) is 0 Å². The molecular weight excluding hydrogens is 423 g/mol. The van der Waals surface area contributed by atoms with Crippen LogP contribution in [-0.2, 0) is 0 Å². The number of hydrogen-bond acceptors (Lipinski definition) is 1. The van der Waals surface area contributed by atoms with E-state index >= 15 is 0 Å². The van der Waals surface area contributed by atoms with E-state index in [2.05, 4.69) is 87.6 Å². The van der Waals surface area contributed by atoms with Gasteiger partial charge < -0.3 is 0 Å². The Morgan fingerprint density at radius 3 is 2.07 bits per heavy atom. The molecule has 1 saturated carbocycles. The molecule has 3 aromatic rings. The topological polar surface area (TPSA) is 12.9 Å². The zero-order valence-electron chi connectivity index (χ0n) is 18.8. The molecule has 1 aliphatic rings. The van der Waals surface area contributed by atoms with Crippen molar-refractivity contribution in [1.82, 2.24) is 4.98 Å². The first-order chi connectivity index (χ1) is 14.7. The predicted octanol–water partition coefficient (Wildman–Crippen LogP) is 7.79. The fourth-order valence-corrected chi connectivity index (χ4v) is 13.8. The Morgan fingerprint density at radius 1 is 0.767 bits per heavy atom. The summed E-state index contributed by atoms with van der Waals surface area (Å²) >= 11 is -2.10. The Labute approximate surface area is 185 Å². The van der Waals surface area contributed by atoms with Gasteiger partial charge in [-0.05, 0) is 0 Å². The molecule has 1 heterocycles. The molecule has 0 amide bonds. The summed E-state index contributed by atoms with van der Waals surface area (Å²) in [5.74, 6) is 0.742. The van der Waals surface area contributed by atoms with E-state index in [9.17, 15) is 0 Å². The van der Waals surface area contributed by atoms with Crippen molar-refractivity contribution in [3.05, 3.63) is 72.4 Å². The molecule has 1 fully saturated rings. The summed E-state index contributed by atoms with van der Waals surface area (Å²) < 4.78 is 1.75. The van der Waals surface area contributed by atoms with Crippen LogP contribution >= 0.6 is 0 Å². The zero-order valence-corrected chi connectivity index (χ0v) is 20.9. The number of aromatic nitrogens is 1. The van der Waals surface area contributed by atoms with Gasteiger partial charge in [0.2, 0.25) is 0 Å². The van der Waals surface area contributed by atoms with Gasteiger partial charge in [-0.15, -0.1) is 0 Å². The van der Waals surface area contributed by atoms with Crippen LogP contribution in [0.15, 0.2) is 66.9 Å². The molecule has 0 aliphatic heterocycles. The van der Waals surface area contributed by atoms with Crippen LogP contribution < -0.4 is 4.40 Å². The third-order valence-electron chi connectivity index (χ3n) is 7.60. The van der Waals surface area contributed by atoms with Crippen LogP contribution in [0.4, 0.5) is 0 Å². The molecular formula is C28H35GeN. The fourth-order valence-electron chi connectivity index (χ4n) is 5.46. The first kappa shape index (κ1) is 21.4. The van der Waals surface area contributed by atoms with E-state index in [1.54, 1.807) is 9.96 Å². The third kappa shape index (κ3) is 4.14. The Bertz CT molecular complexity index is 961. The van der Waals surface area contributed by atoms with Crippen molar-refractivity contribution in [2.45, 2.75) is 68.1 Å². The normalized spacial score (nSPS) is 14.9. The van der Waals surface area contributed by atoms with Gasteiger partial charge in [-0.1, -0.05) is 0 Å². The van der Waals surface area contributed by atoms with E-state index in [1.165, 1.54) is 58.1 Å². The van der Waals surface area contributed by atoms with Crippen LogP contribution in [0.3, 0.4) is 0 Å². The van der Waals surface area contributed by atoms with Crippen molar-refractivity contribution >= 4 is 17.7 Å². The second kappa shape index (κ2) is 9.51. The van der Waals surface area contributed by atoms with Crippen molar-refractivity contribution in [3.8, 4) is 22.4 Å². The Kier molecular flexibility index (Phi) is 6.78. The first-order valence-electron chi connectivity index (χ1n) is 11.9. The molecule has 156 valence electrons. The predicted molar refractivity (Wildman–Crippen MR) is 133 cm³/mol. The van der Waals surface area contributed by atoms with E-state index in [1.807, 2.05) is 0 Å². The van der Waals surface area contributed by atoms with Gasteiger partial charge in [0.15, 0.2) is 0 Å². The van der Waals surface area contributed by atoms with Crippen molar-refractivity contribution in [1.29, 1.82) is 0 Å². The van der Waals surface area contributed by atoms with E-state index < -0.39 is 13.3 Å². The Morgan fingerprint density at radius 2 is 1.40 bits per heavy atom. The molecule has 0 radical (unpaired) electrons. The molecule has 2 heteroatoms. The van der Waals surface area contributed by atoms with E-state index in [0.717, 1.165) is 11.6 Å². The molecule has 1 aromatic heterocycles. The van der Waals surface area contributed by atoms with Crippen molar-refractivity contribution in [3.63, 3.8) is 0 Å². The molecule has 0 unspecified atom stereocenters. The second-order valence-electron chi connectivity index (χ2n) is 8.93. The van der Waals surface area contributed by atoms with Gasteiger partial charge in [0, 0.05) is 0 Å². The maximum absolute atomic E-state index is 5.04. The second-order valence-corrected chi connectivity index (χ2v) is 19.9. The van der Waals surface area contributed by atoms with Crippen LogP contribution in [0, 0.1) is 0 Å².